The normalized spacial score (nSPS) is 8.46. The molecule has 0 spiro atoms. The minimum absolute atomic E-state index is 0.199. The molecule has 1 rings (SSSR count). The van der Waals surface area contributed by atoms with Gasteiger partial charge in [0.05, 0.1) is 7.11 Å². The van der Waals surface area contributed by atoms with Gasteiger partial charge in [0.2, 0.25) is 5.95 Å². The third kappa shape index (κ3) is 2.91. The van der Waals surface area contributed by atoms with Crippen LogP contribution >= 0.6 is 0 Å². The fraction of sp³-hybridized carbons (Fsp3) is 0.111. The number of pyridine rings is 1. The maximum Gasteiger partial charge on any atom is 0.384 e. The van der Waals surface area contributed by atoms with Crippen molar-refractivity contribution in [2.45, 2.75) is 0 Å². The van der Waals surface area contributed by atoms with Crippen molar-refractivity contribution >= 4 is 5.97 Å². The highest BCUT2D eigenvalue weighted by Gasteiger charge is 1.93. The lowest BCUT2D eigenvalue weighted by Crippen LogP contribution is -1.95. The van der Waals surface area contributed by atoms with E-state index in [9.17, 15) is 9.18 Å². The van der Waals surface area contributed by atoms with Gasteiger partial charge in [-0.2, -0.15) is 4.39 Å². The van der Waals surface area contributed by atoms with Gasteiger partial charge in [0.25, 0.3) is 0 Å². The highest BCUT2D eigenvalue weighted by Crippen LogP contribution is 1.94. The zero-order chi connectivity index (χ0) is 9.68. The van der Waals surface area contributed by atoms with Gasteiger partial charge in [-0.3, -0.25) is 0 Å². The molecule has 0 aliphatic heterocycles. The Morgan fingerprint density at radius 1 is 1.62 bits per heavy atom. The molecule has 0 aliphatic carbocycles. The van der Waals surface area contributed by atoms with Crippen molar-refractivity contribution in [1.82, 2.24) is 4.98 Å². The van der Waals surface area contributed by atoms with Gasteiger partial charge in [-0.15, -0.1) is 0 Å². The Morgan fingerprint density at radius 3 is 3.00 bits per heavy atom. The van der Waals surface area contributed by atoms with Crippen LogP contribution in [-0.4, -0.2) is 18.1 Å². The number of aromatic nitrogens is 1. The molecule has 1 aromatic heterocycles. The molecule has 0 radical (unpaired) electrons. The van der Waals surface area contributed by atoms with E-state index in [0.29, 0.717) is 0 Å². The highest BCUT2D eigenvalue weighted by atomic mass is 19.1. The predicted octanol–water partition coefficient (Wildman–Crippen LogP) is 0.745. The first-order valence-electron chi connectivity index (χ1n) is 3.45. The van der Waals surface area contributed by atoms with Crippen LogP contribution in [0.5, 0.6) is 0 Å². The first-order valence-corrected chi connectivity index (χ1v) is 3.45. The highest BCUT2D eigenvalue weighted by molar-refractivity contribution is 5.88. The van der Waals surface area contributed by atoms with Crippen molar-refractivity contribution in [1.29, 1.82) is 0 Å². The lowest BCUT2D eigenvalue weighted by Gasteiger charge is -1.88. The van der Waals surface area contributed by atoms with E-state index in [1.165, 1.54) is 25.3 Å². The molecule has 0 N–H and O–H groups in total. The molecule has 0 aliphatic rings. The lowest BCUT2D eigenvalue weighted by atomic mass is 10.3. The third-order valence-electron chi connectivity index (χ3n) is 1.19. The molecule has 4 heteroatoms. The molecule has 0 fully saturated rings. The summed E-state index contributed by atoms with van der Waals surface area (Å²) in [4.78, 5) is 14.0. The molecule has 0 aromatic carbocycles. The Morgan fingerprint density at radius 2 is 2.38 bits per heavy atom. The van der Waals surface area contributed by atoms with E-state index in [0.717, 1.165) is 0 Å². The Balaban J connectivity index is 2.83. The van der Waals surface area contributed by atoms with Crippen LogP contribution in [0, 0.1) is 17.8 Å². The van der Waals surface area contributed by atoms with Crippen molar-refractivity contribution in [3.8, 4) is 11.8 Å². The molecule has 1 heterocycles. The molecule has 3 nitrogen and oxygen atoms in total. The number of hydrogen-bond donors (Lipinski definition) is 0. The minimum atomic E-state index is -0.675. The standard InChI is InChI=1S/C9H6FNO2/c1-13-9(12)6-5-7-3-2-4-8(10)11-7/h2-4H,1H3. The first kappa shape index (κ1) is 9.20. The fourth-order valence-electron chi connectivity index (χ4n) is 0.644. The molecule has 0 atom stereocenters. The van der Waals surface area contributed by atoms with Crippen LogP contribution in [-0.2, 0) is 9.53 Å². The topological polar surface area (TPSA) is 39.2 Å². The Labute approximate surface area is 74.6 Å². The van der Waals surface area contributed by atoms with E-state index in [1.54, 1.807) is 0 Å². The monoisotopic (exact) mass is 179 g/mol. The summed E-state index contributed by atoms with van der Waals surface area (Å²) in [5.41, 5.74) is 0.199. The molecule has 0 saturated heterocycles. The summed E-state index contributed by atoms with van der Waals surface area (Å²) in [6.07, 6.45) is 0. The molecule has 0 bridgehead atoms. The van der Waals surface area contributed by atoms with Gasteiger partial charge in [-0.1, -0.05) is 6.07 Å². The number of halogens is 1. The van der Waals surface area contributed by atoms with Crippen molar-refractivity contribution in [2.24, 2.45) is 0 Å². The quantitative estimate of drug-likeness (QED) is 0.335. The number of hydrogen-bond acceptors (Lipinski definition) is 3. The van der Waals surface area contributed by atoms with E-state index >= 15 is 0 Å². The van der Waals surface area contributed by atoms with Crippen molar-refractivity contribution in [3.05, 3.63) is 29.8 Å². The summed E-state index contributed by atoms with van der Waals surface area (Å²) in [6.45, 7) is 0. The van der Waals surface area contributed by atoms with Crippen LogP contribution in [0.2, 0.25) is 0 Å². The third-order valence-corrected chi connectivity index (χ3v) is 1.19. The molecular weight excluding hydrogens is 173 g/mol. The predicted molar refractivity (Wildman–Crippen MR) is 43.1 cm³/mol. The summed E-state index contributed by atoms with van der Waals surface area (Å²) in [5, 5.41) is 0. The van der Waals surface area contributed by atoms with E-state index in [4.69, 9.17) is 0 Å². The maximum atomic E-state index is 12.5. The summed E-state index contributed by atoms with van der Waals surface area (Å²) in [5.74, 6) is 3.19. The molecular formula is C9H6FNO2. The number of esters is 1. The van der Waals surface area contributed by atoms with Crippen LogP contribution < -0.4 is 0 Å². The number of rotatable bonds is 0. The van der Waals surface area contributed by atoms with Gasteiger partial charge in [0, 0.05) is 5.92 Å². The summed E-state index contributed by atoms with van der Waals surface area (Å²) in [7, 11) is 1.22. The minimum Gasteiger partial charge on any atom is -0.459 e. The van der Waals surface area contributed by atoms with Crippen molar-refractivity contribution in [3.63, 3.8) is 0 Å². The number of carbonyl (C=O) groups excluding carboxylic acids is 1. The van der Waals surface area contributed by atoms with Gasteiger partial charge >= 0.3 is 5.97 Å². The smallest absolute Gasteiger partial charge is 0.384 e. The summed E-state index contributed by atoms with van der Waals surface area (Å²) < 4.78 is 16.7. The van der Waals surface area contributed by atoms with E-state index < -0.39 is 11.9 Å². The molecule has 0 amide bonds. The van der Waals surface area contributed by atoms with E-state index in [-0.39, 0.29) is 5.69 Å². The Kier molecular flexibility index (Phi) is 2.98. The van der Waals surface area contributed by atoms with Crippen LogP contribution in [0.1, 0.15) is 5.69 Å². The molecule has 1 aromatic rings. The maximum absolute atomic E-state index is 12.5. The average Bonchev–Trinajstić information content (AvgIpc) is 2.14. The van der Waals surface area contributed by atoms with Crippen LogP contribution in [0.25, 0.3) is 0 Å². The first-order chi connectivity index (χ1) is 6.22. The SMILES string of the molecule is COC(=O)C#Cc1cccc(F)n1. The summed E-state index contributed by atoms with van der Waals surface area (Å²) in [6, 6.07) is 4.16. The van der Waals surface area contributed by atoms with Crippen LogP contribution in [0.4, 0.5) is 4.39 Å². The average molecular weight is 179 g/mol. The lowest BCUT2D eigenvalue weighted by molar-refractivity contribution is -0.133. The largest absolute Gasteiger partial charge is 0.459 e. The number of nitrogens with zero attached hydrogens (tertiary/aromatic N) is 1. The second-order valence-corrected chi connectivity index (χ2v) is 2.09. The van der Waals surface area contributed by atoms with Gasteiger partial charge in [-0.25, -0.2) is 9.78 Å². The van der Waals surface area contributed by atoms with Gasteiger partial charge in [0.1, 0.15) is 5.69 Å². The fourth-order valence-corrected chi connectivity index (χ4v) is 0.644. The molecule has 13 heavy (non-hydrogen) atoms. The zero-order valence-electron chi connectivity index (χ0n) is 6.87. The molecule has 66 valence electrons. The summed E-state index contributed by atoms with van der Waals surface area (Å²) >= 11 is 0. The molecule has 0 unspecified atom stereocenters. The van der Waals surface area contributed by atoms with E-state index in [1.807, 2.05) is 0 Å². The molecule has 0 saturated carbocycles. The second kappa shape index (κ2) is 4.21. The van der Waals surface area contributed by atoms with Gasteiger partial charge in [-0.05, 0) is 18.1 Å². The van der Waals surface area contributed by atoms with Crippen LogP contribution in [0.3, 0.4) is 0 Å². The second-order valence-electron chi connectivity index (χ2n) is 2.09. The van der Waals surface area contributed by atoms with Crippen molar-refractivity contribution < 1.29 is 13.9 Å². The van der Waals surface area contributed by atoms with Gasteiger partial charge < -0.3 is 4.74 Å². The Bertz CT molecular complexity index is 379. The zero-order valence-corrected chi connectivity index (χ0v) is 6.87. The Hall–Kier alpha value is -1.89. The number of carbonyl (C=O) groups is 1. The number of ether oxygens (including phenoxy) is 1. The van der Waals surface area contributed by atoms with Crippen LogP contribution in [0.15, 0.2) is 18.2 Å². The number of methoxy groups -OCH3 is 1. The van der Waals surface area contributed by atoms with Gasteiger partial charge in [0.15, 0.2) is 0 Å². The van der Waals surface area contributed by atoms with Crippen molar-refractivity contribution in [2.75, 3.05) is 7.11 Å². The van der Waals surface area contributed by atoms with E-state index in [2.05, 4.69) is 21.6 Å².